The largest absolute Gasteiger partial charge is 0.323 e. The zero-order valence-corrected chi connectivity index (χ0v) is 11.5. The number of piperazine rings is 1. The Morgan fingerprint density at radius 1 is 0.947 bits per heavy atom. The van der Waals surface area contributed by atoms with Crippen molar-refractivity contribution in [2.75, 3.05) is 26.2 Å². The number of fused-ring (bicyclic) bond motifs is 1. The van der Waals surface area contributed by atoms with Gasteiger partial charge in [0, 0.05) is 44.3 Å². The van der Waals surface area contributed by atoms with Gasteiger partial charge in [0.1, 0.15) is 0 Å². The van der Waals surface area contributed by atoms with Crippen molar-refractivity contribution in [3.8, 4) is 0 Å². The molecular formula is C16H23N3. The fourth-order valence-corrected chi connectivity index (χ4v) is 3.83. The van der Waals surface area contributed by atoms with Gasteiger partial charge < -0.3 is 5.73 Å². The summed E-state index contributed by atoms with van der Waals surface area (Å²) in [6.07, 6.45) is 3.99. The van der Waals surface area contributed by atoms with Crippen molar-refractivity contribution < 1.29 is 0 Å². The van der Waals surface area contributed by atoms with E-state index in [0.29, 0.717) is 6.04 Å². The Morgan fingerprint density at radius 3 is 2.32 bits per heavy atom. The molecule has 0 aromatic heterocycles. The lowest BCUT2D eigenvalue weighted by molar-refractivity contribution is 0.0851. The van der Waals surface area contributed by atoms with Crippen LogP contribution in [0.15, 0.2) is 24.3 Å². The number of hydrogen-bond donors (Lipinski definition) is 1. The highest BCUT2D eigenvalue weighted by Gasteiger charge is 2.37. The minimum atomic E-state index is 0.212. The number of hydrogen-bond acceptors (Lipinski definition) is 3. The molecule has 0 amide bonds. The second-order valence-electron chi connectivity index (χ2n) is 6.30. The maximum Gasteiger partial charge on any atom is 0.0459 e. The molecule has 0 radical (unpaired) electrons. The van der Waals surface area contributed by atoms with E-state index in [1.165, 1.54) is 50.1 Å². The van der Waals surface area contributed by atoms with Gasteiger partial charge in [0.05, 0.1) is 0 Å². The second-order valence-corrected chi connectivity index (χ2v) is 6.30. The van der Waals surface area contributed by atoms with E-state index < -0.39 is 0 Å². The van der Waals surface area contributed by atoms with Crippen molar-refractivity contribution in [3.63, 3.8) is 0 Å². The van der Waals surface area contributed by atoms with E-state index in [1.54, 1.807) is 0 Å². The zero-order valence-electron chi connectivity index (χ0n) is 11.5. The molecule has 1 heterocycles. The topological polar surface area (TPSA) is 32.5 Å². The van der Waals surface area contributed by atoms with Crippen molar-refractivity contribution in [2.24, 2.45) is 5.73 Å². The molecule has 2 unspecified atom stereocenters. The Kier molecular flexibility index (Phi) is 2.87. The van der Waals surface area contributed by atoms with Gasteiger partial charge in [0.25, 0.3) is 0 Å². The molecule has 3 heteroatoms. The lowest BCUT2D eigenvalue weighted by Crippen LogP contribution is -2.52. The predicted molar refractivity (Wildman–Crippen MR) is 77.0 cm³/mol. The summed E-state index contributed by atoms with van der Waals surface area (Å²) in [5, 5.41) is 0. The van der Waals surface area contributed by atoms with Gasteiger partial charge in [-0.05, 0) is 30.4 Å². The van der Waals surface area contributed by atoms with Crippen LogP contribution in [0, 0.1) is 0 Å². The van der Waals surface area contributed by atoms with E-state index >= 15 is 0 Å². The molecule has 2 aliphatic carbocycles. The Balaban J connectivity index is 1.44. The minimum Gasteiger partial charge on any atom is -0.323 e. The fraction of sp³-hybridized carbons (Fsp3) is 0.625. The molecule has 4 rings (SSSR count). The zero-order chi connectivity index (χ0) is 12.8. The predicted octanol–water partition coefficient (Wildman–Crippen LogP) is 1.39. The number of benzene rings is 1. The van der Waals surface area contributed by atoms with Crippen LogP contribution in [0.4, 0.5) is 0 Å². The lowest BCUT2D eigenvalue weighted by atomic mass is 10.1. The van der Waals surface area contributed by atoms with E-state index in [1.807, 2.05) is 0 Å². The van der Waals surface area contributed by atoms with Gasteiger partial charge in [0.15, 0.2) is 0 Å². The van der Waals surface area contributed by atoms with Gasteiger partial charge in [-0.15, -0.1) is 0 Å². The molecule has 3 aliphatic rings. The first-order valence-electron chi connectivity index (χ1n) is 7.64. The SMILES string of the molecule is NC1c2ccccc2CC1N1CCN(C2CC2)CC1. The van der Waals surface area contributed by atoms with Gasteiger partial charge in [-0.25, -0.2) is 0 Å². The summed E-state index contributed by atoms with van der Waals surface area (Å²) in [5.74, 6) is 0. The Morgan fingerprint density at radius 2 is 1.63 bits per heavy atom. The van der Waals surface area contributed by atoms with Crippen molar-refractivity contribution >= 4 is 0 Å². The summed E-state index contributed by atoms with van der Waals surface area (Å²) in [5.41, 5.74) is 9.31. The third kappa shape index (κ3) is 2.10. The van der Waals surface area contributed by atoms with Crippen LogP contribution in [-0.4, -0.2) is 48.1 Å². The van der Waals surface area contributed by atoms with Crippen LogP contribution >= 0.6 is 0 Å². The van der Waals surface area contributed by atoms with Crippen LogP contribution in [0.25, 0.3) is 0 Å². The van der Waals surface area contributed by atoms with E-state index in [4.69, 9.17) is 5.73 Å². The molecule has 0 spiro atoms. The molecule has 102 valence electrons. The average molecular weight is 257 g/mol. The fourth-order valence-electron chi connectivity index (χ4n) is 3.83. The smallest absolute Gasteiger partial charge is 0.0459 e. The number of nitrogens with zero attached hydrogens (tertiary/aromatic N) is 2. The second kappa shape index (κ2) is 4.58. The Bertz CT molecular complexity index is 461. The first kappa shape index (κ1) is 11.9. The van der Waals surface area contributed by atoms with Crippen LogP contribution < -0.4 is 5.73 Å². The quantitative estimate of drug-likeness (QED) is 0.869. The van der Waals surface area contributed by atoms with Crippen LogP contribution in [0.3, 0.4) is 0 Å². The highest BCUT2D eigenvalue weighted by molar-refractivity contribution is 5.36. The molecule has 1 aromatic carbocycles. The van der Waals surface area contributed by atoms with Crippen molar-refractivity contribution in [1.29, 1.82) is 0 Å². The first-order chi connectivity index (χ1) is 9.33. The van der Waals surface area contributed by atoms with Gasteiger partial charge in [-0.2, -0.15) is 0 Å². The molecule has 19 heavy (non-hydrogen) atoms. The monoisotopic (exact) mass is 257 g/mol. The third-order valence-electron chi connectivity index (χ3n) is 5.14. The van der Waals surface area contributed by atoms with Crippen LogP contribution in [-0.2, 0) is 6.42 Å². The Hall–Kier alpha value is -0.900. The Labute approximate surface area is 115 Å². The van der Waals surface area contributed by atoms with Gasteiger partial charge >= 0.3 is 0 Å². The molecular weight excluding hydrogens is 234 g/mol. The van der Waals surface area contributed by atoms with Crippen LogP contribution in [0.5, 0.6) is 0 Å². The number of rotatable bonds is 2. The summed E-state index contributed by atoms with van der Waals surface area (Å²) in [7, 11) is 0. The summed E-state index contributed by atoms with van der Waals surface area (Å²) < 4.78 is 0. The maximum atomic E-state index is 6.47. The maximum absolute atomic E-state index is 6.47. The van der Waals surface area contributed by atoms with Crippen molar-refractivity contribution in [1.82, 2.24) is 9.80 Å². The van der Waals surface area contributed by atoms with E-state index in [-0.39, 0.29) is 6.04 Å². The highest BCUT2D eigenvalue weighted by Crippen LogP contribution is 2.34. The molecule has 1 saturated carbocycles. The minimum absolute atomic E-state index is 0.212. The van der Waals surface area contributed by atoms with Gasteiger partial charge in [-0.3, -0.25) is 9.80 Å². The van der Waals surface area contributed by atoms with E-state index in [0.717, 1.165) is 12.5 Å². The normalized spacial score (nSPS) is 32.5. The molecule has 1 aliphatic heterocycles. The summed E-state index contributed by atoms with van der Waals surface area (Å²) in [6.45, 7) is 4.88. The van der Waals surface area contributed by atoms with Gasteiger partial charge in [0.2, 0.25) is 0 Å². The lowest BCUT2D eigenvalue weighted by Gasteiger charge is -2.39. The van der Waals surface area contributed by atoms with Crippen molar-refractivity contribution in [2.45, 2.75) is 37.4 Å². The molecule has 2 fully saturated rings. The summed E-state index contributed by atoms with van der Waals surface area (Å²) in [4.78, 5) is 5.30. The van der Waals surface area contributed by atoms with E-state index in [2.05, 4.69) is 34.1 Å². The molecule has 1 saturated heterocycles. The molecule has 2 N–H and O–H groups in total. The summed E-state index contributed by atoms with van der Waals surface area (Å²) >= 11 is 0. The standard InChI is InChI=1S/C16H23N3/c17-16-14-4-2-1-3-12(14)11-15(16)19-9-7-18(8-10-19)13-5-6-13/h1-4,13,15-16H,5-11,17H2. The van der Waals surface area contributed by atoms with Gasteiger partial charge in [-0.1, -0.05) is 24.3 Å². The van der Waals surface area contributed by atoms with Crippen molar-refractivity contribution in [3.05, 3.63) is 35.4 Å². The molecule has 3 nitrogen and oxygen atoms in total. The highest BCUT2D eigenvalue weighted by atomic mass is 15.3. The van der Waals surface area contributed by atoms with Crippen LogP contribution in [0.1, 0.15) is 30.0 Å². The van der Waals surface area contributed by atoms with Crippen LogP contribution in [0.2, 0.25) is 0 Å². The number of nitrogens with two attached hydrogens (primary N) is 1. The van der Waals surface area contributed by atoms with E-state index in [9.17, 15) is 0 Å². The average Bonchev–Trinajstić information content (AvgIpc) is 3.25. The molecule has 2 atom stereocenters. The summed E-state index contributed by atoms with van der Waals surface area (Å²) in [6, 6.07) is 10.4. The molecule has 0 bridgehead atoms. The first-order valence-corrected chi connectivity index (χ1v) is 7.64. The molecule has 1 aromatic rings. The third-order valence-corrected chi connectivity index (χ3v) is 5.14.